The van der Waals surface area contributed by atoms with E-state index in [1.807, 2.05) is 38.2 Å². The molecule has 0 aliphatic carbocycles. The standard InChI is InChI=1S/C15H21N3O/c1-10-8-12-13(9-18-10)14(16)5-6-15(12)17-7-3-4-11(2)19/h5-6,8-9,11,17,19H,3-4,7,16H2,1-2H3. The number of nitrogens with two attached hydrogens (primary N) is 1. The summed E-state index contributed by atoms with van der Waals surface area (Å²) in [6.07, 6.45) is 3.33. The number of aliphatic hydroxyl groups is 1. The van der Waals surface area contributed by atoms with Gasteiger partial charge in [0.15, 0.2) is 0 Å². The first-order valence-electron chi connectivity index (χ1n) is 6.64. The molecule has 0 aliphatic rings. The summed E-state index contributed by atoms with van der Waals surface area (Å²) >= 11 is 0. The third kappa shape index (κ3) is 3.35. The highest BCUT2D eigenvalue weighted by molar-refractivity contribution is 6.00. The molecule has 1 heterocycles. The molecule has 1 unspecified atom stereocenters. The summed E-state index contributed by atoms with van der Waals surface area (Å²) in [6.45, 7) is 4.62. The van der Waals surface area contributed by atoms with Gasteiger partial charge in [0.05, 0.1) is 6.10 Å². The number of anilines is 2. The van der Waals surface area contributed by atoms with Gasteiger partial charge in [0, 0.05) is 40.6 Å². The maximum absolute atomic E-state index is 9.24. The zero-order valence-corrected chi connectivity index (χ0v) is 11.5. The van der Waals surface area contributed by atoms with Gasteiger partial charge >= 0.3 is 0 Å². The van der Waals surface area contributed by atoms with Crippen LogP contribution in [0.5, 0.6) is 0 Å². The average molecular weight is 259 g/mol. The van der Waals surface area contributed by atoms with Crippen LogP contribution in [0, 0.1) is 6.92 Å². The predicted octanol–water partition coefficient (Wildman–Crippen LogP) is 2.70. The number of rotatable bonds is 5. The third-order valence-corrected chi connectivity index (χ3v) is 3.19. The summed E-state index contributed by atoms with van der Waals surface area (Å²) in [6, 6.07) is 5.94. The first-order valence-corrected chi connectivity index (χ1v) is 6.64. The predicted molar refractivity (Wildman–Crippen MR) is 80.3 cm³/mol. The number of nitrogens with zero attached hydrogens (tertiary/aromatic N) is 1. The number of nitrogens with one attached hydrogen (secondary N) is 1. The van der Waals surface area contributed by atoms with E-state index in [4.69, 9.17) is 5.73 Å². The topological polar surface area (TPSA) is 71.2 Å². The third-order valence-electron chi connectivity index (χ3n) is 3.19. The molecule has 19 heavy (non-hydrogen) atoms. The van der Waals surface area contributed by atoms with Gasteiger partial charge in [-0.05, 0) is 44.9 Å². The number of fused-ring (bicyclic) bond motifs is 1. The second-order valence-electron chi connectivity index (χ2n) is 4.99. The molecule has 102 valence electrons. The SMILES string of the molecule is Cc1cc2c(NCCCC(C)O)ccc(N)c2cn1. The van der Waals surface area contributed by atoms with Gasteiger partial charge in [-0.1, -0.05) is 0 Å². The molecule has 1 aromatic carbocycles. The summed E-state index contributed by atoms with van der Waals surface area (Å²) in [5, 5.41) is 14.7. The van der Waals surface area contributed by atoms with Crippen LogP contribution in [0.3, 0.4) is 0 Å². The van der Waals surface area contributed by atoms with E-state index in [-0.39, 0.29) is 6.10 Å². The fourth-order valence-corrected chi connectivity index (χ4v) is 2.14. The van der Waals surface area contributed by atoms with Gasteiger partial charge in [0.2, 0.25) is 0 Å². The number of benzene rings is 1. The van der Waals surface area contributed by atoms with Gasteiger partial charge < -0.3 is 16.2 Å². The van der Waals surface area contributed by atoms with Crippen molar-refractivity contribution >= 4 is 22.1 Å². The molecule has 0 amide bonds. The summed E-state index contributed by atoms with van der Waals surface area (Å²) in [7, 11) is 0. The Kier molecular flexibility index (Phi) is 4.22. The van der Waals surface area contributed by atoms with Gasteiger partial charge in [-0.15, -0.1) is 0 Å². The Morgan fingerprint density at radius 2 is 2.16 bits per heavy atom. The summed E-state index contributed by atoms with van der Waals surface area (Å²) in [4.78, 5) is 4.29. The van der Waals surface area contributed by atoms with Crippen molar-refractivity contribution in [2.75, 3.05) is 17.6 Å². The molecular formula is C15H21N3O. The molecule has 0 saturated heterocycles. The monoisotopic (exact) mass is 259 g/mol. The lowest BCUT2D eigenvalue weighted by Crippen LogP contribution is -2.07. The maximum atomic E-state index is 9.24. The lowest BCUT2D eigenvalue weighted by atomic mass is 10.1. The van der Waals surface area contributed by atoms with Gasteiger partial charge in [-0.25, -0.2) is 0 Å². The second-order valence-corrected chi connectivity index (χ2v) is 4.99. The minimum Gasteiger partial charge on any atom is -0.398 e. The Morgan fingerprint density at radius 1 is 1.37 bits per heavy atom. The van der Waals surface area contributed by atoms with Gasteiger partial charge in [0.25, 0.3) is 0 Å². The van der Waals surface area contributed by atoms with E-state index < -0.39 is 0 Å². The molecular weight excluding hydrogens is 238 g/mol. The Bertz CT molecular complexity index is 567. The van der Waals surface area contributed by atoms with Crippen LogP contribution in [0.4, 0.5) is 11.4 Å². The fourth-order valence-electron chi connectivity index (χ4n) is 2.14. The molecule has 0 saturated carbocycles. The van der Waals surface area contributed by atoms with Crippen LogP contribution in [-0.4, -0.2) is 22.7 Å². The molecule has 1 aromatic heterocycles. The van der Waals surface area contributed by atoms with Crippen molar-refractivity contribution in [3.05, 3.63) is 30.1 Å². The molecule has 2 rings (SSSR count). The molecule has 0 fully saturated rings. The zero-order valence-electron chi connectivity index (χ0n) is 11.5. The van der Waals surface area contributed by atoms with Gasteiger partial charge in [-0.2, -0.15) is 0 Å². The Labute approximate surface area is 113 Å². The first kappa shape index (κ1) is 13.6. The Morgan fingerprint density at radius 3 is 2.89 bits per heavy atom. The number of aliphatic hydroxyl groups excluding tert-OH is 1. The van der Waals surface area contributed by atoms with E-state index >= 15 is 0 Å². The van der Waals surface area contributed by atoms with E-state index in [9.17, 15) is 5.11 Å². The molecule has 4 N–H and O–H groups in total. The van der Waals surface area contributed by atoms with Crippen molar-refractivity contribution in [3.8, 4) is 0 Å². The van der Waals surface area contributed by atoms with Crippen molar-refractivity contribution < 1.29 is 5.11 Å². The molecule has 0 radical (unpaired) electrons. The van der Waals surface area contributed by atoms with Crippen molar-refractivity contribution in [2.45, 2.75) is 32.8 Å². The van der Waals surface area contributed by atoms with Crippen molar-refractivity contribution in [1.82, 2.24) is 4.98 Å². The molecule has 0 bridgehead atoms. The van der Waals surface area contributed by atoms with Gasteiger partial charge in [-0.3, -0.25) is 4.98 Å². The number of aryl methyl sites for hydroxylation is 1. The Hall–Kier alpha value is -1.81. The maximum Gasteiger partial charge on any atom is 0.0512 e. The second kappa shape index (κ2) is 5.89. The first-order chi connectivity index (χ1) is 9.08. The smallest absolute Gasteiger partial charge is 0.0512 e. The molecule has 2 aromatic rings. The van der Waals surface area contributed by atoms with Crippen LogP contribution in [0.2, 0.25) is 0 Å². The minimum absolute atomic E-state index is 0.239. The van der Waals surface area contributed by atoms with Crippen LogP contribution < -0.4 is 11.1 Å². The summed E-state index contributed by atoms with van der Waals surface area (Å²) in [5.41, 5.74) is 8.76. The van der Waals surface area contributed by atoms with Gasteiger partial charge in [0.1, 0.15) is 0 Å². The number of hydrogen-bond donors (Lipinski definition) is 3. The van der Waals surface area contributed by atoms with Crippen LogP contribution in [0.25, 0.3) is 10.8 Å². The van der Waals surface area contributed by atoms with Crippen LogP contribution in [-0.2, 0) is 0 Å². The summed E-state index contributed by atoms with van der Waals surface area (Å²) < 4.78 is 0. The molecule has 0 aliphatic heterocycles. The molecule has 4 heteroatoms. The van der Waals surface area contributed by atoms with Crippen molar-refractivity contribution in [3.63, 3.8) is 0 Å². The van der Waals surface area contributed by atoms with Crippen LogP contribution in [0.15, 0.2) is 24.4 Å². The lowest BCUT2D eigenvalue weighted by molar-refractivity contribution is 0.183. The lowest BCUT2D eigenvalue weighted by Gasteiger charge is -2.12. The highest BCUT2D eigenvalue weighted by atomic mass is 16.3. The Balaban J connectivity index is 2.18. The zero-order chi connectivity index (χ0) is 13.8. The number of hydrogen-bond acceptors (Lipinski definition) is 4. The number of nitrogen functional groups attached to an aromatic ring is 1. The largest absolute Gasteiger partial charge is 0.398 e. The number of aromatic nitrogens is 1. The van der Waals surface area contributed by atoms with Crippen LogP contribution in [0.1, 0.15) is 25.5 Å². The van der Waals surface area contributed by atoms with E-state index in [0.29, 0.717) is 0 Å². The fraction of sp³-hybridized carbons (Fsp3) is 0.400. The average Bonchev–Trinajstić information content (AvgIpc) is 2.36. The molecule has 0 spiro atoms. The highest BCUT2D eigenvalue weighted by Gasteiger charge is 2.05. The summed E-state index contributed by atoms with van der Waals surface area (Å²) in [5.74, 6) is 0. The molecule has 4 nitrogen and oxygen atoms in total. The number of pyridine rings is 1. The van der Waals surface area contributed by atoms with Crippen molar-refractivity contribution in [2.24, 2.45) is 0 Å². The van der Waals surface area contributed by atoms with E-state index in [2.05, 4.69) is 10.3 Å². The van der Waals surface area contributed by atoms with Crippen molar-refractivity contribution in [1.29, 1.82) is 0 Å². The quantitative estimate of drug-likeness (QED) is 0.570. The normalized spacial score (nSPS) is 12.6. The van der Waals surface area contributed by atoms with E-state index in [1.54, 1.807) is 0 Å². The van der Waals surface area contributed by atoms with E-state index in [0.717, 1.165) is 47.2 Å². The van der Waals surface area contributed by atoms with Crippen LogP contribution >= 0.6 is 0 Å². The minimum atomic E-state index is -0.239. The highest BCUT2D eigenvalue weighted by Crippen LogP contribution is 2.28. The van der Waals surface area contributed by atoms with E-state index in [1.165, 1.54) is 0 Å². The molecule has 1 atom stereocenters.